The van der Waals surface area contributed by atoms with E-state index in [9.17, 15) is 4.79 Å². The standard InChI is InChI=1S/C25H30N4O/c1-25(2,3)24(30)29-21-12-10-20(13-19(21)14-26-29)27-23-18-9-11-22(23)28(16-18)15-17-7-5-4-6-8-17/h4-8,10,12-14,18,22-23,27H,9,11,15-16H2,1-3H3/t18-,22-,23-/m1/s1. The molecule has 2 fully saturated rings. The van der Waals surface area contributed by atoms with Gasteiger partial charge in [-0.1, -0.05) is 51.1 Å². The number of nitrogens with one attached hydrogen (secondary N) is 1. The molecule has 2 heterocycles. The molecule has 2 aliphatic rings. The lowest BCUT2D eigenvalue weighted by atomic mass is 9.96. The molecule has 156 valence electrons. The van der Waals surface area contributed by atoms with Gasteiger partial charge in [-0.25, -0.2) is 0 Å². The first-order chi connectivity index (χ1) is 14.4. The molecule has 1 saturated heterocycles. The van der Waals surface area contributed by atoms with Crippen molar-refractivity contribution in [1.82, 2.24) is 14.7 Å². The number of piperidine rings is 1. The fourth-order valence-corrected chi connectivity index (χ4v) is 5.12. The molecular weight excluding hydrogens is 372 g/mol. The van der Waals surface area contributed by atoms with Crippen LogP contribution in [0.3, 0.4) is 0 Å². The molecule has 2 bridgehead atoms. The second kappa shape index (κ2) is 7.24. The summed E-state index contributed by atoms with van der Waals surface area (Å²) in [4.78, 5) is 15.3. The van der Waals surface area contributed by atoms with E-state index in [1.54, 1.807) is 10.9 Å². The zero-order valence-corrected chi connectivity index (χ0v) is 18.0. The summed E-state index contributed by atoms with van der Waals surface area (Å²) >= 11 is 0. The lowest BCUT2D eigenvalue weighted by molar-refractivity contribution is 0.0755. The number of anilines is 1. The van der Waals surface area contributed by atoms with Gasteiger partial charge in [0, 0.05) is 41.7 Å². The number of benzene rings is 2. The van der Waals surface area contributed by atoms with Crippen LogP contribution >= 0.6 is 0 Å². The third-order valence-corrected chi connectivity index (χ3v) is 6.66. The molecule has 1 aliphatic carbocycles. The average molecular weight is 403 g/mol. The SMILES string of the molecule is CC(C)(C)C(=O)n1ncc2cc(N[C@@H]3[C@@H]4CC[C@H]3N(Cc3ccccc3)C4)ccc21. The smallest absolute Gasteiger partial charge is 0.252 e. The Bertz CT molecular complexity index is 1070. The predicted molar refractivity (Wildman–Crippen MR) is 121 cm³/mol. The van der Waals surface area contributed by atoms with Crippen molar-refractivity contribution in [3.8, 4) is 0 Å². The van der Waals surface area contributed by atoms with Gasteiger partial charge < -0.3 is 5.32 Å². The Balaban J connectivity index is 1.33. The van der Waals surface area contributed by atoms with Gasteiger partial charge in [-0.2, -0.15) is 9.78 Å². The molecule has 5 heteroatoms. The van der Waals surface area contributed by atoms with Crippen molar-refractivity contribution in [3.63, 3.8) is 0 Å². The molecule has 0 unspecified atom stereocenters. The minimum atomic E-state index is -0.457. The van der Waals surface area contributed by atoms with Crippen molar-refractivity contribution < 1.29 is 4.79 Å². The number of nitrogens with zero attached hydrogens (tertiary/aromatic N) is 3. The number of aromatic nitrogens is 2. The lowest BCUT2D eigenvalue weighted by Gasteiger charge is -2.27. The molecule has 30 heavy (non-hydrogen) atoms. The topological polar surface area (TPSA) is 50.2 Å². The molecule has 5 rings (SSSR count). The summed E-state index contributed by atoms with van der Waals surface area (Å²) in [5.74, 6) is 0.711. The van der Waals surface area contributed by atoms with Crippen LogP contribution in [0.5, 0.6) is 0 Å². The van der Waals surface area contributed by atoms with E-state index < -0.39 is 5.41 Å². The fourth-order valence-electron chi connectivity index (χ4n) is 5.12. The summed E-state index contributed by atoms with van der Waals surface area (Å²) in [5.41, 5.74) is 2.93. The van der Waals surface area contributed by atoms with Crippen LogP contribution in [-0.2, 0) is 6.54 Å². The van der Waals surface area contributed by atoms with Crippen molar-refractivity contribution in [1.29, 1.82) is 0 Å². The Morgan fingerprint density at radius 2 is 1.93 bits per heavy atom. The molecule has 5 nitrogen and oxygen atoms in total. The maximum atomic E-state index is 12.7. The van der Waals surface area contributed by atoms with Gasteiger partial charge >= 0.3 is 0 Å². The van der Waals surface area contributed by atoms with Gasteiger partial charge in [0.2, 0.25) is 0 Å². The normalized spacial score (nSPS) is 23.9. The van der Waals surface area contributed by atoms with Crippen molar-refractivity contribution in [3.05, 3.63) is 60.3 Å². The minimum absolute atomic E-state index is 0.0172. The molecule has 0 spiro atoms. The van der Waals surface area contributed by atoms with Crippen LogP contribution < -0.4 is 5.32 Å². The predicted octanol–water partition coefficient (Wildman–Crippen LogP) is 4.80. The summed E-state index contributed by atoms with van der Waals surface area (Å²) < 4.78 is 1.54. The molecule has 3 atom stereocenters. The largest absolute Gasteiger partial charge is 0.380 e. The van der Waals surface area contributed by atoms with E-state index in [0.29, 0.717) is 18.0 Å². The highest BCUT2D eigenvalue weighted by molar-refractivity contribution is 5.94. The zero-order valence-electron chi connectivity index (χ0n) is 18.0. The van der Waals surface area contributed by atoms with Crippen LogP contribution in [0.1, 0.15) is 44.0 Å². The van der Waals surface area contributed by atoms with Gasteiger partial charge in [-0.15, -0.1) is 0 Å². The van der Waals surface area contributed by atoms with Crippen LogP contribution in [0.25, 0.3) is 10.9 Å². The molecule has 3 aromatic rings. The Hall–Kier alpha value is -2.66. The van der Waals surface area contributed by atoms with Crippen molar-refractivity contribution in [2.45, 2.75) is 52.2 Å². The Labute approximate surface area is 178 Å². The maximum absolute atomic E-state index is 12.7. The number of likely N-dealkylation sites (tertiary alicyclic amines) is 1. The van der Waals surface area contributed by atoms with E-state index in [1.165, 1.54) is 18.4 Å². The van der Waals surface area contributed by atoms with Crippen LogP contribution in [0.2, 0.25) is 0 Å². The Morgan fingerprint density at radius 1 is 1.13 bits per heavy atom. The Morgan fingerprint density at radius 3 is 2.70 bits per heavy atom. The lowest BCUT2D eigenvalue weighted by Crippen LogP contribution is -2.36. The van der Waals surface area contributed by atoms with E-state index in [1.807, 2.05) is 26.8 Å². The molecular formula is C25H30N4O. The van der Waals surface area contributed by atoms with Crippen LogP contribution in [0.4, 0.5) is 5.69 Å². The number of carbonyl (C=O) groups excluding carboxylic acids is 1. The summed E-state index contributed by atoms with van der Waals surface area (Å²) in [5, 5.41) is 9.19. The fraction of sp³-hybridized carbons (Fsp3) is 0.440. The highest BCUT2D eigenvalue weighted by atomic mass is 16.2. The first-order valence-corrected chi connectivity index (χ1v) is 11.0. The molecule has 1 aliphatic heterocycles. The molecule has 0 amide bonds. The average Bonchev–Trinajstić information content (AvgIpc) is 3.40. The Kier molecular flexibility index (Phi) is 4.66. The maximum Gasteiger partial charge on any atom is 0.252 e. The highest BCUT2D eigenvalue weighted by Gasteiger charge is 2.46. The number of fused-ring (bicyclic) bond motifs is 3. The summed E-state index contributed by atoms with van der Waals surface area (Å²) in [6.45, 7) is 7.97. The highest BCUT2D eigenvalue weighted by Crippen LogP contribution is 2.40. The first-order valence-electron chi connectivity index (χ1n) is 11.0. The summed E-state index contributed by atoms with van der Waals surface area (Å²) in [6, 6.07) is 18.1. The zero-order chi connectivity index (χ0) is 20.9. The summed E-state index contributed by atoms with van der Waals surface area (Å²) in [7, 11) is 0. The van der Waals surface area contributed by atoms with Crippen molar-refractivity contribution in [2.75, 3.05) is 11.9 Å². The van der Waals surface area contributed by atoms with E-state index in [0.717, 1.165) is 29.7 Å². The third kappa shape index (κ3) is 3.41. The van der Waals surface area contributed by atoms with Gasteiger partial charge in [0.1, 0.15) is 0 Å². The van der Waals surface area contributed by atoms with E-state index in [2.05, 4.69) is 57.8 Å². The molecule has 1 saturated carbocycles. The van der Waals surface area contributed by atoms with E-state index in [-0.39, 0.29) is 5.91 Å². The molecule has 0 radical (unpaired) electrons. The third-order valence-electron chi connectivity index (χ3n) is 6.66. The molecule has 1 N–H and O–H groups in total. The van der Waals surface area contributed by atoms with Gasteiger partial charge in [-0.05, 0) is 42.5 Å². The second-order valence-corrected chi connectivity index (χ2v) is 9.88. The van der Waals surface area contributed by atoms with Crippen molar-refractivity contribution >= 4 is 22.5 Å². The van der Waals surface area contributed by atoms with E-state index >= 15 is 0 Å². The second-order valence-electron chi connectivity index (χ2n) is 9.88. The summed E-state index contributed by atoms with van der Waals surface area (Å²) in [6.07, 6.45) is 4.36. The van der Waals surface area contributed by atoms with E-state index in [4.69, 9.17) is 0 Å². The van der Waals surface area contributed by atoms with Gasteiger partial charge in [0.05, 0.1) is 11.7 Å². The first kappa shape index (κ1) is 19.3. The quantitative estimate of drug-likeness (QED) is 0.681. The molecule has 1 aromatic heterocycles. The minimum Gasteiger partial charge on any atom is -0.380 e. The van der Waals surface area contributed by atoms with Gasteiger partial charge in [0.25, 0.3) is 5.91 Å². The van der Waals surface area contributed by atoms with Gasteiger partial charge in [-0.3, -0.25) is 9.69 Å². The molecule has 2 aromatic carbocycles. The monoisotopic (exact) mass is 402 g/mol. The van der Waals surface area contributed by atoms with Crippen molar-refractivity contribution in [2.24, 2.45) is 11.3 Å². The number of hydrogen-bond donors (Lipinski definition) is 1. The van der Waals surface area contributed by atoms with Crippen LogP contribution in [0, 0.1) is 11.3 Å². The van der Waals surface area contributed by atoms with Crippen LogP contribution in [-0.4, -0.2) is 39.2 Å². The van der Waals surface area contributed by atoms with Gasteiger partial charge in [0.15, 0.2) is 0 Å². The van der Waals surface area contributed by atoms with Crippen LogP contribution in [0.15, 0.2) is 54.7 Å². The number of rotatable bonds is 4. The number of hydrogen-bond acceptors (Lipinski definition) is 4. The number of carbonyl (C=O) groups is 1.